The fourth-order valence-corrected chi connectivity index (χ4v) is 1.93. The molecule has 1 N–H and O–H groups in total. The van der Waals surface area contributed by atoms with E-state index in [0.717, 1.165) is 5.57 Å². The van der Waals surface area contributed by atoms with Gasteiger partial charge in [-0.1, -0.05) is 5.92 Å². The van der Waals surface area contributed by atoms with Gasteiger partial charge in [-0.2, -0.15) is 0 Å². The van der Waals surface area contributed by atoms with Gasteiger partial charge in [0.1, 0.15) is 11.6 Å². The zero-order chi connectivity index (χ0) is 16.0. The topological polar surface area (TPSA) is 67.9 Å². The first kappa shape index (κ1) is 17.1. The first-order valence-electron chi connectivity index (χ1n) is 6.71. The maximum Gasteiger partial charge on any atom is 0.415 e. The molecule has 0 radical (unpaired) electrons. The standard InChI is InChI=1S/C15H22N2O4/c1-6-7-16-9-11-8-12(13(18)20-5)17(10-11)14(19)21-15(2,3)4/h1,10,12,16H,7-9H2,2-5H3/t12-/m1/s1. The molecule has 1 atom stereocenters. The summed E-state index contributed by atoms with van der Waals surface area (Å²) in [6.07, 6.45) is 6.63. The molecule has 0 spiro atoms. The van der Waals surface area contributed by atoms with E-state index in [1.54, 1.807) is 27.0 Å². The number of rotatable bonds is 4. The Morgan fingerprint density at radius 1 is 1.52 bits per heavy atom. The summed E-state index contributed by atoms with van der Waals surface area (Å²) in [5, 5.41) is 3.03. The molecule has 1 amide bonds. The van der Waals surface area contributed by atoms with Crippen LogP contribution in [0, 0.1) is 12.3 Å². The molecule has 6 nitrogen and oxygen atoms in total. The van der Waals surface area contributed by atoms with Crippen molar-refractivity contribution < 1.29 is 19.1 Å². The Bertz CT molecular complexity index is 471. The van der Waals surface area contributed by atoms with Gasteiger partial charge in [-0.25, -0.2) is 9.59 Å². The summed E-state index contributed by atoms with van der Waals surface area (Å²) in [5.41, 5.74) is 0.266. The minimum Gasteiger partial charge on any atom is -0.467 e. The second-order valence-corrected chi connectivity index (χ2v) is 5.73. The van der Waals surface area contributed by atoms with E-state index in [1.807, 2.05) is 0 Å². The lowest BCUT2D eigenvalue weighted by atomic mass is 10.1. The van der Waals surface area contributed by atoms with Gasteiger partial charge in [-0.15, -0.1) is 6.42 Å². The molecule has 0 saturated carbocycles. The molecule has 116 valence electrons. The molecule has 0 aromatic carbocycles. The van der Waals surface area contributed by atoms with E-state index in [2.05, 4.69) is 11.2 Å². The highest BCUT2D eigenvalue weighted by Gasteiger charge is 2.37. The number of nitrogens with zero attached hydrogens (tertiary/aromatic N) is 1. The highest BCUT2D eigenvalue weighted by atomic mass is 16.6. The van der Waals surface area contributed by atoms with Gasteiger partial charge in [0.05, 0.1) is 13.7 Å². The van der Waals surface area contributed by atoms with Gasteiger partial charge < -0.3 is 14.8 Å². The number of methoxy groups -OCH3 is 1. The molecule has 0 fully saturated rings. The number of ether oxygens (including phenoxy) is 2. The lowest BCUT2D eigenvalue weighted by Crippen LogP contribution is -2.42. The Morgan fingerprint density at radius 2 is 2.19 bits per heavy atom. The number of amides is 1. The monoisotopic (exact) mass is 294 g/mol. The zero-order valence-corrected chi connectivity index (χ0v) is 12.9. The summed E-state index contributed by atoms with van der Waals surface area (Å²) in [7, 11) is 1.30. The fourth-order valence-electron chi connectivity index (χ4n) is 1.93. The number of hydrogen-bond acceptors (Lipinski definition) is 5. The predicted octanol–water partition coefficient (Wildman–Crippen LogP) is 1.28. The van der Waals surface area contributed by atoms with Crippen molar-refractivity contribution in [2.24, 2.45) is 0 Å². The van der Waals surface area contributed by atoms with Crippen molar-refractivity contribution in [3.05, 3.63) is 11.8 Å². The number of nitrogens with one attached hydrogen (secondary N) is 1. The van der Waals surface area contributed by atoms with E-state index in [1.165, 1.54) is 12.0 Å². The largest absolute Gasteiger partial charge is 0.467 e. The number of esters is 1. The third kappa shape index (κ3) is 5.12. The SMILES string of the molecule is C#CCNCC1=CN(C(=O)OC(C)(C)C)[C@@H](C(=O)OC)C1. The summed E-state index contributed by atoms with van der Waals surface area (Å²) >= 11 is 0. The molecule has 0 aromatic rings. The molecule has 21 heavy (non-hydrogen) atoms. The number of carbonyl (C=O) groups excluding carboxylic acids is 2. The van der Waals surface area contributed by atoms with E-state index >= 15 is 0 Å². The average molecular weight is 294 g/mol. The van der Waals surface area contributed by atoms with Gasteiger partial charge in [0, 0.05) is 19.2 Å². The Balaban J connectivity index is 2.80. The Morgan fingerprint density at radius 3 is 2.71 bits per heavy atom. The number of carbonyl (C=O) groups is 2. The van der Waals surface area contributed by atoms with Gasteiger partial charge in [0.25, 0.3) is 0 Å². The quantitative estimate of drug-likeness (QED) is 0.480. The Labute approximate surface area is 125 Å². The Hall–Kier alpha value is -2.00. The third-order valence-corrected chi connectivity index (χ3v) is 2.77. The molecule has 1 heterocycles. The molecule has 0 aliphatic carbocycles. The number of terminal acetylenes is 1. The van der Waals surface area contributed by atoms with E-state index in [0.29, 0.717) is 19.5 Å². The average Bonchev–Trinajstić information content (AvgIpc) is 2.80. The van der Waals surface area contributed by atoms with Crippen LogP contribution in [-0.2, 0) is 14.3 Å². The van der Waals surface area contributed by atoms with Crippen LogP contribution in [0.15, 0.2) is 11.8 Å². The molecule has 1 rings (SSSR count). The van der Waals surface area contributed by atoms with Crippen molar-refractivity contribution in [2.75, 3.05) is 20.2 Å². The van der Waals surface area contributed by atoms with Crippen LogP contribution >= 0.6 is 0 Å². The second-order valence-electron chi connectivity index (χ2n) is 5.73. The molecule has 0 bridgehead atoms. The van der Waals surface area contributed by atoms with Crippen molar-refractivity contribution in [3.8, 4) is 12.3 Å². The molecule has 0 unspecified atom stereocenters. The van der Waals surface area contributed by atoms with E-state index in [-0.39, 0.29) is 0 Å². The van der Waals surface area contributed by atoms with Crippen molar-refractivity contribution in [3.63, 3.8) is 0 Å². The zero-order valence-electron chi connectivity index (χ0n) is 12.9. The lowest BCUT2D eigenvalue weighted by molar-refractivity contribution is -0.145. The lowest BCUT2D eigenvalue weighted by Gasteiger charge is -2.26. The summed E-state index contributed by atoms with van der Waals surface area (Å²) in [5.74, 6) is 2.00. The van der Waals surface area contributed by atoms with E-state index < -0.39 is 23.7 Å². The molecule has 6 heteroatoms. The van der Waals surface area contributed by atoms with Gasteiger partial charge in [-0.3, -0.25) is 4.90 Å². The van der Waals surface area contributed by atoms with Gasteiger partial charge in [0.15, 0.2) is 0 Å². The smallest absolute Gasteiger partial charge is 0.415 e. The summed E-state index contributed by atoms with van der Waals surface area (Å²) in [4.78, 5) is 25.3. The molecule has 1 aliphatic heterocycles. The molecular weight excluding hydrogens is 272 g/mol. The third-order valence-electron chi connectivity index (χ3n) is 2.77. The Kier molecular flexibility index (Phi) is 5.79. The van der Waals surface area contributed by atoms with Crippen molar-refractivity contribution >= 4 is 12.1 Å². The normalized spacial score (nSPS) is 18.0. The first-order valence-corrected chi connectivity index (χ1v) is 6.71. The molecular formula is C15H22N2O4. The summed E-state index contributed by atoms with van der Waals surface area (Å²) in [6.45, 7) is 6.25. The highest BCUT2D eigenvalue weighted by molar-refractivity contribution is 5.83. The first-order chi connectivity index (χ1) is 9.78. The fraction of sp³-hybridized carbons (Fsp3) is 0.600. The molecule has 0 saturated heterocycles. The van der Waals surface area contributed by atoms with Crippen molar-refractivity contribution in [1.82, 2.24) is 10.2 Å². The van der Waals surface area contributed by atoms with Crippen molar-refractivity contribution in [1.29, 1.82) is 0 Å². The van der Waals surface area contributed by atoms with Crippen LogP contribution in [0.5, 0.6) is 0 Å². The van der Waals surface area contributed by atoms with Gasteiger partial charge in [-0.05, 0) is 26.3 Å². The molecule has 1 aliphatic rings. The van der Waals surface area contributed by atoms with Gasteiger partial charge in [0.2, 0.25) is 0 Å². The van der Waals surface area contributed by atoms with Crippen LogP contribution < -0.4 is 5.32 Å². The van der Waals surface area contributed by atoms with Crippen LogP contribution in [-0.4, -0.2) is 48.8 Å². The van der Waals surface area contributed by atoms with Crippen LogP contribution in [0.2, 0.25) is 0 Å². The minimum atomic E-state index is -0.688. The summed E-state index contributed by atoms with van der Waals surface area (Å²) in [6, 6.07) is -0.688. The number of hydrogen-bond donors (Lipinski definition) is 1. The second kappa shape index (κ2) is 7.14. The van der Waals surface area contributed by atoms with Crippen LogP contribution in [0.3, 0.4) is 0 Å². The summed E-state index contributed by atoms with van der Waals surface area (Å²) < 4.78 is 10.0. The maximum absolute atomic E-state index is 12.2. The van der Waals surface area contributed by atoms with Crippen molar-refractivity contribution in [2.45, 2.75) is 38.8 Å². The highest BCUT2D eigenvalue weighted by Crippen LogP contribution is 2.24. The molecule has 0 aromatic heterocycles. The minimum absolute atomic E-state index is 0.406. The maximum atomic E-state index is 12.2. The van der Waals surface area contributed by atoms with E-state index in [4.69, 9.17) is 15.9 Å². The van der Waals surface area contributed by atoms with Gasteiger partial charge >= 0.3 is 12.1 Å². The van der Waals surface area contributed by atoms with Crippen LogP contribution in [0.25, 0.3) is 0 Å². The van der Waals surface area contributed by atoms with Crippen LogP contribution in [0.4, 0.5) is 4.79 Å². The van der Waals surface area contributed by atoms with Crippen LogP contribution in [0.1, 0.15) is 27.2 Å². The predicted molar refractivity (Wildman–Crippen MR) is 78.3 cm³/mol. The van der Waals surface area contributed by atoms with E-state index in [9.17, 15) is 9.59 Å².